The van der Waals surface area contributed by atoms with Gasteiger partial charge in [0.15, 0.2) is 0 Å². The van der Waals surface area contributed by atoms with Crippen molar-refractivity contribution in [1.29, 1.82) is 0 Å². The number of hydrogen-bond donors (Lipinski definition) is 0. The standard InChI is InChI=1S/C14H26O5S.Na.H/c1-2-3-4-5-6-7-8-9-10-11-14(16)19-20(17)18-13-12-15;;/h12H,2-11,13H2,1H3;;. The first-order chi connectivity index (χ1) is 9.70. The molecule has 0 N–H and O–H groups in total. The summed E-state index contributed by atoms with van der Waals surface area (Å²) in [6.07, 6.45) is 11.2. The molecule has 7 heteroatoms. The second-order valence-corrected chi connectivity index (χ2v) is 5.50. The average molecular weight is 330 g/mol. The summed E-state index contributed by atoms with van der Waals surface area (Å²) < 4.78 is 19.9. The summed E-state index contributed by atoms with van der Waals surface area (Å²) in [6, 6.07) is 0. The summed E-state index contributed by atoms with van der Waals surface area (Å²) in [5.41, 5.74) is 0. The molecular formula is C14H27NaO5S. The van der Waals surface area contributed by atoms with Crippen molar-refractivity contribution >= 4 is 53.2 Å². The molecule has 0 aliphatic rings. The number of carbonyl (C=O) groups is 2. The van der Waals surface area contributed by atoms with Crippen LogP contribution in [-0.2, 0) is 29.3 Å². The van der Waals surface area contributed by atoms with Gasteiger partial charge in [-0.05, 0) is 6.42 Å². The summed E-state index contributed by atoms with van der Waals surface area (Å²) in [6.45, 7) is 1.87. The predicted molar refractivity (Wildman–Crippen MR) is 85.2 cm³/mol. The van der Waals surface area contributed by atoms with E-state index in [1.165, 1.54) is 38.5 Å². The Morgan fingerprint density at radius 2 is 1.52 bits per heavy atom. The molecule has 0 spiro atoms. The number of hydrogen-bond acceptors (Lipinski definition) is 5. The molecule has 1 unspecified atom stereocenters. The van der Waals surface area contributed by atoms with Gasteiger partial charge in [-0.15, -0.1) is 0 Å². The van der Waals surface area contributed by atoms with Crippen LogP contribution in [0.1, 0.15) is 71.1 Å². The molecule has 5 nitrogen and oxygen atoms in total. The number of unbranched alkanes of at least 4 members (excludes halogenated alkanes) is 8. The Hall–Kier alpha value is 0.250. The first-order valence-corrected chi connectivity index (χ1v) is 8.40. The van der Waals surface area contributed by atoms with Gasteiger partial charge in [0, 0.05) is 6.42 Å². The molecule has 0 aromatic carbocycles. The molecular weight excluding hydrogens is 303 g/mol. The van der Waals surface area contributed by atoms with E-state index in [9.17, 15) is 13.8 Å². The Bertz CT molecular complexity index is 287. The van der Waals surface area contributed by atoms with Gasteiger partial charge in [-0.25, -0.2) is 0 Å². The molecule has 0 aliphatic carbocycles. The molecule has 120 valence electrons. The summed E-state index contributed by atoms with van der Waals surface area (Å²) in [4.78, 5) is 21.2. The molecule has 0 amide bonds. The molecule has 0 aromatic rings. The van der Waals surface area contributed by atoms with Crippen molar-refractivity contribution in [3.63, 3.8) is 0 Å². The molecule has 0 saturated heterocycles. The topological polar surface area (TPSA) is 69.7 Å². The van der Waals surface area contributed by atoms with Crippen molar-refractivity contribution in [1.82, 2.24) is 0 Å². The molecule has 0 aliphatic heterocycles. The van der Waals surface area contributed by atoms with Gasteiger partial charge < -0.3 is 8.98 Å². The van der Waals surface area contributed by atoms with Crippen molar-refractivity contribution in [2.75, 3.05) is 6.61 Å². The van der Waals surface area contributed by atoms with Crippen LogP contribution in [0, 0.1) is 0 Å². The summed E-state index contributed by atoms with van der Waals surface area (Å²) in [5, 5.41) is 0. The van der Waals surface area contributed by atoms with Crippen molar-refractivity contribution in [2.24, 2.45) is 0 Å². The fourth-order valence-corrected chi connectivity index (χ4v) is 2.25. The number of carbonyl (C=O) groups excluding carboxylic acids is 2. The SMILES string of the molecule is CCCCCCCCCCCC(=O)OS(=O)OCC=O.[NaH]. The molecule has 0 bridgehead atoms. The molecule has 0 rings (SSSR count). The molecule has 0 fully saturated rings. The second kappa shape index (κ2) is 18.3. The van der Waals surface area contributed by atoms with E-state index in [0.717, 1.165) is 19.3 Å². The second-order valence-electron chi connectivity index (χ2n) is 4.69. The minimum atomic E-state index is -2.14. The van der Waals surface area contributed by atoms with E-state index >= 15 is 0 Å². The van der Waals surface area contributed by atoms with E-state index in [2.05, 4.69) is 15.3 Å². The Morgan fingerprint density at radius 3 is 2.05 bits per heavy atom. The first kappa shape index (κ1) is 23.5. The zero-order valence-electron chi connectivity index (χ0n) is 12.3. The fraction of sp³-hybridized carbons (Fsp3) is 0.857. The predicted octanol–water partition coefficient (Wildman–Crippen LogP) is 2.60. The molecule has 0 saturated carbocycles. The van der Waals surface area contributed by atoms with E-state index in [1.54, 1.807) is 0 Å². The van der Waals surface area contributed by atoms with Crippen molar-refractivity contribution in [3.05, 3.63) is 0 Å². The van der Waals surface area contributed by atoms with Gasteiger partial charge in [-0.2, -0.15) is 4.21 Å². The molecule has 21 heavy (non-hydrogen) atoms. The van der Waals surface area contributed by atoms with Crippen molar-refractivity contribution < 1.29 is 22.2 Å². The Morgan fingerprint density at radius 1 is 1.00 bits per heavy atom. The van der Waals surface area contributed by atoms with Crippen molar-refractivity contribution in [2.45, 2.75) is 71.1 Å². The van der Waals surface area contributed by atoms with Crippen LogP contribution < -0.4 is 0 Å². The van der Waals surface area contributed by atoms with Gasteiger partial charge in [-0.1, -0.05) is 58.3 Å². The molecule has 1 atom stereocenters. The van der Waals surface area contributed by atoms with Crippen LogP contribution in [0.25, 0.3) is 0 Å². The van der Waals surface area contributed by atoms with Crippen LogP contribution in [0.2, 0.25) is 0 Å². The average Bonchev–Trinajstić information content (AvgIpc) is 2.43. The molecule has 0 heterocycles. The van der Waals surface area contributed by atoms with Crippen LogP contribution in [0.3, 0.4) is 0 Å². The fourth-order valence-electron chi connectivity index (χ4n) is 1.80. The number of aldehydes is 1. The normalized spacial score (nSPS) is 11.5. The van der Waals surface area contributed by atoms with Crippen LogP contribution in [-0.4, -0.2) is 52.6 Å². The monoisotopic (exact) mass is 330 g/mol. The number of rotatable bonds is 14. The molecule has 0 radical (unpaired) electrons. The third-order valence-electron chi connectivity index (χ3n) is 2.88. The minimum absolute atomic E-state index is 0. The molecule has 0 aromatic heterocycles. The van der Waals surface area contributed by atoms with Gasteiger partial charge >= 0.3 is 46.9 Å². The first-order valence-electron chi connectivity index (χ1n) is 7.40. The zero-order chi connectivity index (χ0) is 15.1. The Labute approximate surface area is 152 Å². The third kappa shape index (κ3) is 18.2. The van der Waals surface area contributed by atoms with Gasteiger partial charge in [0.25, 0.3) is 0 Å². The Balaban J connectivity index is 0. The van der Waals surface area contributed by atoms with Crippen LogP contribution in [0.4, 0.5) is 0 Å². The van der Waals surface area contributed by atoms with E-state index < -0.39 is 17.3 Å². The van der Waals surface area contributed by atoms with Crippen LogP contribution in [0.15, 0.2) is 0 Å². The quantitative estimate of drug-likeness (QED) is 0.278. The van der Waals surface area contributed by atoms with E-state index in [4.69, 9.17) is 0 Å². The van der Waals surface area contributed by atoms with Gasteiger partial charge in [0.1, 0.15) is 12.9 Å². The van der Waals surface area contributed by atoms with E-state index in [-0.39, 0.29) is 42.6 Å². The maximum absolute atomic E-state index is 11.2. The van der Waals surface area contributed by atoms with Gasteiger partial charge in [0.2, 0.25) is 0 Å². The van der Waals surface area contributed by atoms with Gasteiger partial charge in [-0.3, -0.25) is 8.98 Å². The van der Waals surface area contributed by atoms with E-state index in [1.807, 2.05) is 0 Å². The third-order valence-corrected chi connectivity index (χ3v) is 3.53. The summed E-state index contributed by atoms with van der Waals surface area (Å²) >= 11 is -2.14. The maximum atomic E-state index is 11.2. The van der Waals surface area contributed by atoms with Crippen LogP contribution >= 0.6 is 0 Å². The van der Waals surface area contributed by atoms with Crippen LogP contribution in [0.5, 0.6) is 0 Å². The summed E-state index contributed by atoms with van der Waals surface area (Å²) in [7, 11) is 0. The summed E-state index contributed by atoms with van der Waals surface area (Å²) in [5.74, 6) is -0.544. The van der Waals surface area contributed by atoms with Crippen molar-refractivity contribution in [3.8, 4) is 0 Å². The van der Waals surface area contributed by atoms with Gasteiger partial charge in [0.05, 0.1) is 0 Å². The zero-order valence-corrected chi connectivity index (χ0v) is 13.1. The van der Waals surface area contributed by atoms with E-state index in [0.29, 0.717) is 6.29 Å². The Kier molecular flexibility index (Phi) is 20.5.